The molecule has 1 fully saturated rings. The van der Waals surface area contributed by atoms with Crippen LogP contribution in [-0.4, -0.2) is 48.7 Å². The fraction of sp³-hybridized carbons (Fsp3) is 0.194. The van der Waals surface area contributed by atoms with Crippen molar-refractivity contribution in [3.05, 3.63) is 107 Å². The molecule has 11 heteroatoms. The predicted octanol–water partition coefficient (Wildman–Crippen LogP) is 6.68. The van der Waals surface area contributed by atoms with E-state index >= 15 is 0 Å². The zero-order valence-electron chi connectivity index (χ0n) is 25.6. The largest absolute Gasteiger partial charge is 0.507 e. The lowest BCUT2D eigenvalue weighted by Crippen LogP contribution is -2.29. The van der Waals surface area contributed by atoms with Gasteiger partial charge in [0.25, 0.3) is 5.78 Å². The molecule has 0 radical (unpaired) electrons. The van der Waals surface area contributed by atoms with Crippen molar-refractivity contribution in [1.82, 2.24) is 4.98 Å². The number of anilines is 1. The SMILES string of the molecule is CCOc1ccc2nc(N3C(=O)C(=O)/C(=C(\O)c4ccc5c(c4)OCCO5)C3c3ccc(OCc4ccccc4)c(OC)c3)sc2c1. The van der Waals surface area contributed by atoms with Gasteiger partial charge in [-0.05, 0) is 66.6 Å². The molecular formula is C36H30N2O8S. The maximum absolute atomic E-state index is 13.9. The molecule has 0 spiro atoms. The van der Waals surface area contributed by atoms with Gasteiger partial charge in [0.2, 0.25) is 0 Å². The highest BCUT2D eigenvalue weighted by atomic mass is 32.1. The van der Waals surface area contributed by atoms with Crippen molar-refractivity contribution in [2.24, 2.45) is 0 Å². The minimum atomic E-state index is -1.04. The monoisotopic (exact) mass is 650 g/mol. The molecule has 47 heavy (non-hydrogen) atoms. The summed E-state index contributed by atoms with van der Waals surface area (Å²) in [5.41, 5.74) is 2.35. The van der Waals surface area contributed by atoms with Crippen molar-refractivity contribution in [3.63, 3.8) is 0 Å². The first kappa shape index (κ1) is 30.1. The van der Waals surface area contributed by atoms with Gasteiger partial charge < -0.3 is 28.8 Å². The molecule has 1 N–H and O–H groups in total. The molecule has 5 aromatic rings. The lowest BCUT2D eigenvalue weighted by atomic mass is 9.95. The fourth-order valence-corrected chi connectivity index (χ4v) is 6.67. The average Bonchev–Trinajstić information content (AvgIpc) is 3.64. The number of methoxy groups -OCH3 is 1. The number of rotatable bonds is 9. The number of hydrogen-bond acceptors (Lipinski definition) is 10. The summed E-state index contributed by atoms with van der Waals surface area (Å²) in [6.07, 6.45) is 0. The number of aliphatic hydroxyl groups excluding tert-OH is 1. The third-order valence-electron chi connectivity index (χ3n) is 7.87. The lowest BCUT2D eigenvalue weighted by Gasteiger charge is -2.24. The minimum Gasteiger partial charge on any atom is -0.507 e. The van der Waals surface area contributed by atoms with E-state index in [1.807, 2.05) is 55.5 Å². The van der Waals surface area contributed by atoms with Crippen LogP contribution < -0.4 is 28.6 Å². The summed E-state index contributed by atoms with van der Waals surface area (Å²) in [6.45, 7) is 3.47. The van der Waals surface area contributed by atoms with Gasteiger partial charge in [-0.1, -0.05) is 47.7 Å². The average molecular weight is 651 g/mol. The van der Waals surface area contributed by atoms with Gasteiger partial charge in [-0.15, -0.1) is 0 Å². The molecule has 10 nitrogen and oxygen atoms in total. The summed E-state index contributed by atoms with van der Waals surface area (Å²) in [6, 6.07) is 24.2. The highest BCUT2D eigenvalue weighted by Crippen LogP contribution is 2.47. The van der Waals surface area contributed by atoms with Crippen LogP contribution in [0, 0.1) is 0 Å². The smallest absolute Gasteiger partial charge is 0.301 e. The second-order valence-corrected chi connectivity index (χ2v) is 11.8. The van der Waals surface area contributed by atoms with Crippen molar-refractivity contribution < 1.29 is 38.4 Å². The number of carbonyl (C=O) groups is 2. The van der Waals surface area contributed by atoms with E-state index in [1.165, 1.54) is 23.3 Å². The quantitative estimate of drug-likeness (QED) is 0.106. The number of benzene rings is 4. The van der Waals surface area contributed by atoms with Gasteiger partial charge in [0.05, 0.1) is 35.5 Å². The number of hydrogen-bond donors (Lipinski definition) is 1. The summed E-state index contributed by atoms with van der Waals surface area (Å²) in [7, 11) is 1.52. The van der Waals surface area contributed by atoms with E-state index in [9.17, 15) is 14.7 Å². The van der Waals surface area contributed by atoms with E-state index in [4.69, 9.17) is 28.7 Å². The number of Topliss-reactive ketones (excluding diaryl/α,β-unsaturated/α-hetero) is 1. The maximum Gasteiger partial charge on any atom is 0.301 e. The minimum absolute atomic E-state index is 0.0963. The van der Waals surface area contributed by atoms with Crippen LogP contribution in [-0.2, 0) is 16.2 Å². The van der Waals surface area contributed by atoms with Gasteiger partial charge >= 0.3 is 5.91 Å². The maximum atomic E-state index is 13.9. The summed E-state index contributed by atoms with van der Waals surface area (Å²) in [5.74, 6) is 0.493. The Morgan fingerprint density at radius 3 is 2.53 bits per heavy atom. The van der Waals surface area contributed by atoms with Gasteiger partial charge in [0.1, 0.15) is 31.3 Å². The Morgan fingerprint density at radius 1 is 0.936 bits per heavy atom. The van der Waals surface area contributed by atoms with E-state index in [0.29, 0.717) is 77.0 Å². The molecule has 1 atom stereocenters. The number of carbonyl (C=O) groups excluding carboxylic acids is 2. The molecule has 3 heterocycles. The first-order chi connectivity index (χ1) is 22.9. The van der Waals surface area contributed by atoms with E-state index in [0.717, 1.165) is 10.3 Å². The molecule has 7 rings (SSSR count). The number of ether oxygens (including phenoxy) is 5. The standard InChI is InChI=1S/C36H30N2O8S/c1-3-43-24-11-12-25-30(19-24)47-36(37-25)38-32(22-9-13-26(28(17-22)42-2)46-20-21-7-5-4-6-8-21)31(34(40)35(38)41)33(39)23-10-14-27-29(18-23)45-16-15-44-27/h4-14,17-19,32,39H,3,15-16,20H2,1-2H3/b33-31-. The molecular weight excluding hydrogens is 620 g/mol. The topological polar surface area (TPSA) is 117 Å². The van der Waals surface area contributed by atoms with Gasteiger partial charge in [-0.3, -0.25) is 14.5 Å². The molecule has 0 saturated carbocycles. The van der Waals surface area contributed by atoms with Crippen molar-refractivity contribution in [2.75, 3.05) is 31.8 Å². The Morgan fingerprint density at radius 2 is 1.74 bits per heavy atom. The zero-order valence-corrected chi connectivity index (χ0v) is 26.4. The summed E-state index contributed by atoms with van der Waals surface area (Å²) in [5, 5.41) is 12.0. The number of nitrogens with zero attached hydrogens (tertiary/aromatic N) is 2. The predicted molar refractivity (Wildman–Crippen MR) is 177 cm³/mol. The van der Waals surface area contributed by atoms with E-state index in [-0.39, 0.29) is 11.3 Å². The highest BCUT2D eigenvalue weighted by Gasteiger charge is 2.48. The van der Waals surface area contributed by atoms with Crippen molar-refractivity contribution in [3.8, 4) is 28.7 Å². The van der Waals surface area contributed by atoms with Gasteiger partial charge in [0.15, 0.2) is 28.1 Å². The molecule has 2 aliphatic heterocycles. The number of ketones is 1. The summed E-state index contributed by atoms with van der Waals surface area (Å²) in [4.78, 5) is 33.8. The van der Waals surface area contributed by atoms with E-state index in [2.05, 4.69) is 0 Å². The third kappa shape index (κ3) is 5.70. The molecule has 0 bridgehead atoms. The number of amides is 1. The van der Waals surface area contributed by atoms with Crippen molar-refractivity contribution >= 4 is 44.1 Å². The van der Waals surface area contributed by atoms with E-state index < -0.39 is 17.7 Å². The van der Waals surface area contributed by atoms with Crippen LogP contribution in [0.25, 0.3) is 16.0 Å². The number of aromatic nitrogens is 1. The normalized spacial score (nSPS) is 16.8. The van der Waals surface area contributed by atoms with Crippen molar-refractivity contribution in [2.45, 2.75) is 19.6 Å². The fourth-order valence-electron chi connectivity index (χ4n) is 5.65. The Hall–Kier alpha value is -5.55. The molecule has 1 unspecified atom stereocenters. The van der Waals surface area contributed by atoms with Gasteiger partial charge in [0, 0.05) is 5.56 Å². The molecule has 0 aliphatic carbocycles. The van der Waals surface area contributed by atoms with Crippen LogP contribution in [0.4, 0.5) is 5.13 Å². The third-order valence-corrected chi connectivity index (χ3v) is 8.88. The number of thiazole rings is 1. The first-order valence-corrected chi connectivity index (χ1v) is 15.9. The molecule has 1 saturated heterocycles. The van der Waals surface area contributed by atoms with Crippen LogP contribution in [0.1, 0.15) is 29.7 Å². The number of fused-ring (bicyclic) bond motifs is 2. The summed E-state index contributed by atoms with van der Waals surface area (Å²) >= 11 is 1.25. The molecule has 1 aromatic heterocycles. The van der Waals surface area contributed by atoms with E-state index in [1.54, 1.807) is 36.4 Å². The van der Waals surface area contributed by atoms with Crippen LogP contribution >= 0.6 is 11.3 Å². The van der Waals surface area contributed by atoms with Gasteiger partial charge in [-0.25, -0.2) is 4.98 Å². The molecule has 2 aliphatic rings. The van der Waals surface area contributed by atoms with Crippen LogP contribution in [0.5, 0.6) is 28.7 Å². The second-order valence-electron chi connectivity index (χ2n) is 10.8. The highest BCUT2D eigenvalue weighted by molar-refractivity contribution is 7.22. The van der Waals surface area contributed by atoms with Crippen LogP contribution in [0.15, 0.2) is 90.5 Å². The second kappa shape index (κ2) is 12.7. The molecule has 1 amide bonds. The summed E-state index contributed by atoms with van der Waals surface area (Å²) < 4.78 is 29.6. The molecule has 238 valence electrons. The van der Waals surface area contributed by atoms with Gasteiger partial charge in [-0.2, -0.15) is 0 Å². The van der Waals surface area contributed by atoms with Crippen LogP contribution in [0.2, 0.25) is 0 Å². The zero-order chi connectivity index (χ0) is 32.5. The Bertz CT molecular complexity index is 2020. The Balaban J connectivity index is 1.34. The Kier molecular flexibility index (Phi) is 8.13. The first-order valence-electron chi connectivity index (χ1n) is 15.0. The number of aliphatic hydroxyl groups is 1. The van der Waals surface area contributed by atoms with Crippen LogP contribution in [0.3, 0.4) is 0 Å². The lowest BCUT2D eigenvalue weighted by molar-refractivity contribution is -0.132. The Labute approximate surface area is 274 Å². The molecule has 4 aromatic carbocycles. The van der Waals surface area contributed by atoms with Crippen molar-refractivity contribution in [1.29, 1.82) is 0 Å².